The second-order valence-corrected chi connectivity index (χ2v) is 5.49. The number of benzene rings is 1. The van der Waals surface area contributed by atoms with Crippen LogP contribution in [0.5, 0.6) is 0 Å². The minimum absolute atomic E-state index is 0.161. The van der Waals surface area contributed by atoms with Gasteiger partial charge in [-0.1, -0.05) is 17.7 Å². The summed E-state index contributed by atoms with van der Waals surface area (Å²) in [4.78, 5) is 2.31. The van der Waals surface area contributed by atoms with E-state index >= 15 is 0 Å². The van der Waals surface area contributed by atoms with Crippen LogP contribution >= 0.6 is 11.6 Å². The zero-order valence-corrected chi connectivity index (χ0v) is 11.8. The summed E-state index contributed by atoms with van der Waals surface area (Å²) in [7, 11) is 0. The number of nitrogens with zero attached hydrogens (tertiary/aromatic N) is 1. The van der Waals surface area contributed by atoms with Gasteiger partial charge in [0.2, 0.25) is 0 Å². The summed E-state index contributed by atoms with van der Waals surface area (Å²) in [6.45, 7) is 6.59. The summed E-state index contributed by atoms with van der Waals surface area (Å²) < 4.78 is 5.45. The van der Waals surface area contributed by atoms with Crippen LogP contribution in [0, 0.1) is 0 Å². The van der Waals surface area contributed by atoms with Gasteiger partial charge in [0.1, 0.15) is 0 Å². The van der Waals surface area contributed by atoms with Crippen LogP contribution in [0.2, 0.25) is 5.02 Å². The molecule has 0 aliphatic carbocycles. The Morgan fingerprint density at radius 3 is 2.94 bits per heavy atom. The first kappa shape index (κ1) is 13.7. The van der Waals surface area contributed by atoms with Crippen LogP contribution in [0.25, 0.3) is 0 Å². The van der Waals surface area contributed by atoms with Gasteiger partial charge in [-0.2, -0.15) is 0 Å². The fourth-order valence-electron chi connectivity index (χ4n) is 2.37. The van der Waals surface area contributed by atoms with Gasteiger partial charge >= 0.3 is 0 Å². The largest absolute Gasteiger partial charge is 0.377 e. The Hall–Kier alpha value is -0.770. The highest BCUT2D eigenvalue weighted by Gasteiger charge is 2.21. The molecule has 18 heavy (non-hydrogen) atoms. The molecule has 1 aromatic rings. The molecule has 4 heteroatoms. The molecule has 1 fully saturated rings. The zero-order valence-electron chi connectivity index (χ0n) is 11.0. The molecule has 2 atom stereocenters. The number of hydrogen-bond acceptors (Lipinski definition) is 3. The van der Waals surface area contributed by atoms with Crippen molar-refractivity contribution in [2.45, 2.75) is 32.4 Å². The van der Waals surface area contributed by atoms with Gasteiger partial charge in [-0.3, -0.25) is 0 Å². The lowest BCUT2D eigenvalue weighted by molar-refractivity contribution is 0.0989. The molecule has 1 aliphatic rings. The molecule has 0 radical (unpaired) electrons. The second-order valence-electron chi connectivity index (χ2n) is 5.08. The van der Waals surface area contributed by atoms with Crippen LogP contribution in [0.4, 0.5) is 5.69 Å². The normalized spacial score (nSPS) is 22.0. The Morgan fingerprint density at radius 2 is 2.33 bits per heavy atom. The third-order valence-electron chi connectivity index (χ3n) is 3.25. The Labute approximate surface area is 114 Å². The molecule has 1 aliphatic heterocycles. The fraction of sp³-hybridized carbons (Fsp3) is 0.571. The van der Waals surface area contributed by atoms with Crippen LogP contribution in [0.3, 0.4) is 0 Å². The van der Waals surface area contributed by atoms with Crippen molar-refractivity contribution in [3.63, 3.8) is 0 Å². The van der Waals surface area contributed by atoms with Crippen molar-refractivity contribution < 1.29 is 4.74 Å². The molecule has 1 heterocycles. The van der Waals surface area contributed by atoms with Crippen molar-refractivity contribution in [2.75, 3.05) is 24.7 Å². The summed E-state index contributed by atoms with van der Waals surface area (Å²) >= 11 is 6.39. The first-order valence-electron chi connectivity index (χ1n) is 6.46. The van der Waals surface area contributed by atoms with Gasteiger partial charge in [-0.15, -0.1) is 0 Å². The molecule has 0 amide bonds. The molecule has 1 saturated heterocycles. The number of ether oxygens (including phenoxy) is 1. The molecule has 2 N–H and O–H groups in total. The second kappa shape index (κ2) is 5.91. The molecule has 0 bridgehead atoms. The maximum Gasteiger partial charge on any atom is 0.0668 e. The average molecular weight is 269 g/mol. The van der Waals surface area contributed by atoms with E-state index in [1.54, 1.807) is 0 Å². The first-order chi connectivity index (χ1) is 8.58. The molecular weight excluding hydrogens is 248 g/mol. The number of halogens is 1. The SMILES string of the molecule is CC(N)Cc1ccc(N2CCOCC2C)c(Cl)c1. The molecule has 1 aromatic carbocycles. The Balaban J connectivity index is 2.18. The van der Waals surface area contributed by atoms with Gasteiger partial charge in [0.25, 0.3) is 0 Å². The van der Waals surface area contributed by atoms with E-state index in [1.807, 2.05) is 13.0 Å². The maximum atomic E-state index is 6.39. The van der Waals surface area contributed by atoms with E-state index in [4.69, 9.17) is 22.1 Å². The number of hydrogen-bond donors (Lipinski definition) is 1. The quantitative estimate of drug-likeness (QED) is 0.915. The minimum atomic E-state index is 0.161. The van der Waals surface area contributed by atoms with E-state index in [-0.39, 0.29) is 6.04 Å². The van der Waals surface area contributed by atoms with Crippen molar-refractivity contribution in [2.24, 2.45) is 5.73 Å². The molecule has 0 spiro atoms. The van der Waals surface area contributed by atoms with Gasteiger partial charge < -0.3 is 15.4 Å². The average Bonchev–Trinajstić information content (AvgIpc) is 2.30. The van der Waals surface area contributed by atoms with Gasteiger partial charge in [-0.25, -0.2) is 0 Å². The highest BCUT2D eigenvalue weighted by atomic mass is 35.5. The topological polar surface area (TPSA) is 38.5 Å². The third kappa shape index (κ3) is 3.16. The van der Waals surface area contributed by atoms with Crippen molar-refractivity contribution >= 4 is 17.3 Å². The predicted octanol–water partition coefficient (Wildman–Crippen LogP) is 2.45. The molecule has 3 nitrogen and oxygen atoms in total. The summed E-state index contributed by atoms with van der Waals surface area (Å²) in [5.74, 6) is 0. The smallest absolute Gasteiger partial charge is 0.0668 e. The van der Waals surface area contributed by atoms with Gasteiger partial charge in [0, 0.05) is 18.6 Å². The molecule has 0 saturated carbocycles. The fourth-order valence-corrected chi connectivity index (χ4v) is 2.68. The Kier molecular flexibility index (Phi) is 4.49. The molecule has 0 aromatic heterocycles. The van der Waals surface area contributed by atoms with Crippen molar-refractivity contribution in [1.29, 1.82) is 0 Å². The van der Waals surface area contributed by atoms with E-state index in [0.717, 1.165) is 36.9 Å². The molecular formula is C14H21ClN2O. The van der Waals surface area contributed by atoms with Crippen molar-refractivity contribution in [3.8, 4) is 0 Å². The van der Waals surface area contributed by atoms with Gasteiger partial charge in [0.15, 0.2) is 0 Å². The lowest BCUT2D eigenvalue weighted by Gasteiger charge is -2.35. The number of anilines is 1. The van der Waals surface area contributed by atoms with E-state index in [2.05, 4.69) is 24.0 Å². The van der Waals surface area contributed by atoms with Crippen LogP contribution < -0.4 is 10.6 Å². The van der Waals surface area contributed by atoms with E-state index in [0.29, 0.717) is 6.04 Å². The van der Waals surface area contributed by atoms with Crippen LogP contribution in [-0.4, -0.2) is 31.8 Å². The van der Waals surface area contributed by atoms with Crippen LogP contribution in [0.15, 0.2) is 18.2 Å². The Bertz CT molecular complexity index is 409. The lowest BCUT2D eigenvalue weighted by atomic mass is 10.1. The summed E-state index contributed by atoms with van der Waals surface area (Å²) in [6.07, 6.45) is 0.860. The highest BCUT2D eigenvalue weighted by Crippen LogP contribution is 2.29. The standard InChI is InChI=1S/C14H21ClN2O/c1-10(16)7-12-3-4-14(13(15)8-12)17-5-6-18-9-11(17)2/h3-4,8,10-11H,5-7,9,16H2,1-2H3. The number of nitrogens with two attached hydrogens (primary N) is 1. The number of morpholine rings is 1. The maximum absolute atomic E-state index is 6.39. The number of rotatable bonds is 3. The monoisotopic (exact) mass is 268 g/mol. The third-order valence-corrected chi connectivity index (χ3v) is 3.55. The van der Waals surface area contributed by atoms with Crippen molar-refractivity contribution in [1.82, 2.24) is 0 Å². The van der Waals surface area contributed by atoms with E-state index in [9.17, 15) is 0 Å². The van der Waals surface area contributed by atoms with Crippen molar-refractivity contribution in [3.05, 3.63) is 28.8 Å². The van der Waals surface area contributed by atoms with Crippen LogP contribution in [0.1, 0.15) is 19.4 Å². The molecule has 2 rings (SSSR count). The minimum Gasteiger partial charge on any atom is -0.377 e. The van der Waals surface area contributed by atoms with Gasteiger partial charge in [0.05, 0.1) is 23.9 Å². The Morgan fingerprint density at radius 1 is 1.56 bits per heavy atom. The van der Waals surface area contributed by atoms with E-state index in [1.165, 1.54) is 5.56 Å². The van der Waals surface area contributed by atoms with Gasteiger partial charge in [-0.05, 0) is 38.0 Å². The summed E-state index contributed by atoms with van der Waals surface area (Å²) in [5.41, 5.74) is 8.10. The van der Waals surface area contributed by atoms with E-state index < -0.39 is 0 Å². The summed E-state index contributed by atoms with van der Waals surface area (Å²) in [5, 5.41) is 0.807. The molecule has 100 valence electrons. The highest BCUT2D eigenvalue weighted by molar-refractivity contribution is 6.33. The zero-order chi connectivity index (χ0) is 13.1. The first-order valence-corrected chi connectivity index (χ1v) is 6.84. The predicted molar refractivity (Wildman–Crippen MR) is 76.4 cm³/mol. The van der Waals surface area contributed by atoms with Crippen LogP contribution in [-0.2, 0) is 11.2 Å². The summed E-state index contributed by atoms with van der Waals surface area (Å²) in [6, 6.07) is 6.78. The lowest BCUT2D eigenvalue weighted by Crippen LogP contribution is -2.43. The molecule has 2 unspecified atom stereocenters.